The van der Waals surface area contributed by atoms with Crippen molar-refractivity contribution in [1.82, 2.24) is 4.90 Å². The number of nitrogens with zero attached hydrogens (tertiary/aromatic N) is 1. The Morgan fingerprint density at radius 2 is 2.38 bits per heavy atom. The summed E-state index contributed by atoms with van der Waals surface area (Å²) in [5.74, 6) is 0. The van der Waals surface area contributed by atoms with Gasteiger partial charge in [0.05, 0.1) is 6.10 Å². The number of hydrogen-bond donors (Lipinski definition) is 1. The summed E-state index contributed by atoms with van der Waals surface area (Å²) in [6.07, 6.45) is 1.77. The minimum absolute atomic E-state index is 0.0495. The molecule has 1 aliphatic rings. The van der Waals surface area contributed by atoms with E-state index in [1.165, 1.54) is 0 Å². The first-order valence-electron chi connectivity index (χ1n) is 4.82. The lowest BCUT2D eigenvalue weighted by Gasteiger charge is -2.23. The highest BCUT2D eigenvalue weighted by atomic mass is 16.6. The van der Waals surface area contributed by atoms with Crippen molar-refractivity contribution < 1.29 is 9.53 Å². The number of hydrogen-bond acceptors (Lipinski definition) is 3. The molecule has 2 N–H and O–H groups in total. The molecule has 1 saturated heterocycles. The van der Waals surface area contributed by atoms with Gasteiger partial charge in [0.25, 0.3) is 0 Å². The maximum absolute atomic E-state index is 11.5. The molecule has 1 atom stereocenters. The molecule has 0 bridgehead atoms. The van der Waals surface area contributed by atoms with Gasteiger partial charge in [0, 0.05) is 19.1 Å². The molecular weight excluding hydrogens is 168 g/mol. The number of nitrogens with two attached hydrogens (primary N) is 1. The van der Waals surface area contributed by atoms with Gasteiger partial charge in [0.2, 0.25) is 0 Å². The van der Waals surface area contributed by atoms with Gasteiger partial charge in [-0.1, -0.05) is 0 Å². The normalized spacial score (nSPS) is 22.5. The van der Waals surface area contributed by atoms with Crippen LogP contribution in [0, 0.1) is 0 Å². The largest absolute Gasteiger partial charge is 0.447 e. The Labute approximate surface area is 79.0 Å². The minimum Gasteiger partial charge on any atom is -0.447 e. The standard InChI is InChI=1S/C9H18N2O2/c1-7(2)13-9(12)11-5-3-4-8(11)6-10/h7-8H,3-6,10H2,1-2H3/t8-/m0/s1. The molecule has 1 rings (SSSR count). The smallest absolute Gasteiger partial charge is 0.410 e. The van der Waals surface area contributed by atoms with E-state index in [4.69, 9.17) is 10.5 Å². The van der Waals surface area contributed by atoms with Crippen LogP contribution in [0.25, 0.3) is 0 Å². The lowest BCUT2D eigenvalue weighted by Crippen LogP contribution is -2.41. The van der Waals surface area contributed by atoms with Crippen LogP contribution in [-0.2, 0) is 4.74 Å². The van der Waals surface area contributed by atoms with Gasteiger partial charge in [-0.25, -0.2) is 4.79 Å². The second kappa shape index (κ2) is 4.46. The van der Waals surface area contributed by atoms with Gasteiger partial charge >= 0.3 is 6.09 Å². The molecule has 0 spiro atoms. The highest BCUT2D eigenvalue weighted by Gasteiger charge is 2.28. The van der Waals surface area contributed by atoms with Crippen molar-refractivity contribution in [3.8, 4) is 0 Å². The Balaban J connectivity index is 2.45. The van der Waals surface area contributed by atoms with Crippen LogP contribution in [0.3, 0.4) is 0 Å². The predicted octanol–water partition coefficient (Wildman–Crippen LogP) is 0.954. The van der Waals surface area contributed by atoms with Gasteiger partial charge in [0.15, 0.2) is 0 Å². The molecule has 0 aliphatic carbocycles. The maximum Gasteiger partial charge on any atom is 0.410 e. The first-order chi connectivity index (χ1) is 6.15. The minimum atomic E-state index is -0.219. The molecule has 1 fully saturated rings. The number of amides is 1. The Kier molecular flexibility index (Phi) is 3.54. The van der Waals surface area contributed by atoms with E-state index in [1.807, 2.05) is 13.8 Å². The predicted molar refractivity (Wildman–Crippen MR) is 50.4 cm³/mol. The highest BCUT2D eigenvalue weighted by molar-refractivity contribution is 5.68. The fourth-order valence-corrected chi connectivity index (χ4v) is 1.59. The average Bonchev–Trinajstić information content (AvgIpc) is 2.49. The quantitative estimate of drug-likeness (QED) is 0.698. The van der Waals surface area contributed by atoms with E-state index in [1.54, 1.807) is 4.90 Å². The SMILES string of the molecule is CC(C)OC(=O)N1CCC[C@H]1CN. The molecular formula is C9H18N2O2. The zero-order valence-electron chi connectivity index (χ0n) is 8.32. The summed E-state index contributed by atoms with van der Waals surface area (Å²) in [6, 6.07) is 0.186. The van der Waals surface area contributed by atoms with Crippen LogP contribution in [0.2, 0.25) is 0 Å². The van der Waals surface area contributed by atoms with E-state index in [2.05, 4.69) is 0 Å². The van der Waals surface area contributed by atoms with E-state index in [9.17, 15) is 4.79 Å². The molecule has 13 heavy (non-hydrogen) atoms. The third-order valence-corrected chi connectivity index (χ3v) is 2.22. The monoisotopic (exact) mass is 186 g/mol. The van der Waals surface area contributed by atoms with E-state index >= 15 is 0 Å². The van der Waals surface area contributed by atoms with Gasteiger partial charge in [-0.05, 0) is 26.7 Å². The van der Waals surface area contributed by atoms with Crippen molar-refractivity contribution in [2.45, 2.75) is 38.8 Å². The number of carbonyl (C=O) groups is 1. The Morgan fingerprint density at radius 1 is 1.69 bits per heavy atom. The molecule has 1 aliphatic heterocycles. The summed E-state index contributed by atoms with van der Waals surface area (Å²) in [5.41, 5.74) is 5.54. The van der Waals surface area contributed by atoms with Crippen molar-refractivity contribution in [1.29, 1.82) is 0 Å². The lowest BCUT2D eigenvalue weighted by molar-refractivity contribution is 0.0741. The molecule has 0 radical (unpaired) electrons. The maximum atomic E-state index is 11.5. The van der Waals surface area contributed by atoms with E-state index in [0.29, 0.717) is 6.54 Å². The Morgan fingerprint density at radius 3 is 2.92 bits per heavy atom. The summed E-state index contributed by atoms with van der Waals surface area (Å²) >= 11 is 0. The van der Waals surface area contributed by atoms with Crippen molar-refractivity contribution in [3.63, 3.8) is 0 Å². The number of carbonyl (C=O) groups excluding carboxylic acids is 1. The molecule has 0 aromatic heterocycles. The summed E-state index contributed by atoms with van der Waals surface area (Å²) in [7, 11) is 0. The topological polar surface area (TPSA) is 55.6 Å². The van der Waals surface area contributed by atoms with Gasteiger partial charge in [-0.15, -0.1) is 0 Å². The van der Waals surface area contributed by atoms with Gasteiger partial charge in [-0.2, -0.15) is 0 Å². The number of rotatable bonds is 2. The molecule has 0 aromatic rings. The fraction of sp³-hybridized carbons (Fsp3) is 0.889. The first-order valence-corrected chi connectivity index (χ1v) is 4.82. The molecule has 0 saturated carbocycles. The second-order valence-electron chi connectivity index (χ2n) is 3.66. The summed E-state index contributed by atoms with van der Waals surface area (Å²) in [4.78, 5) is 13.2. The molecule has 76 valence electrons. The van der Waals surface area contributed by atoms with Crippen LogP contribution in [0.15, 0.2) is 0 Å². The summed E-state index contributed by atoms with van der Waals surface area (Å²) in [5, 5.41) is 0. The molecule has 4 heteroatoms. The molecule has 1 heterocycles. The summed E-state index contributed by atoms with van der Waals surface area (Å²) in [6.45, 7) is 5.03. The Hall–Kier alpha value is -0.770. The van der Waals surface area contributed by atoms with E-state index in [-0.39, 0.29) is 18.2 Å². The van der Waals surface area contributed by atoms with Gasteiger partial charge in [-0.3, -0.25) is 0 Å². The van der Waals surface area contributed by atoms with Crippen LogP contribution in [-0.4, -0.2) is 36.2 Å². The molecule has 0 unspecified atom stereocenters. The average molecular weight is 186 g/mol. The van der Waals surface area contributed by atoms with Crippen LogP contribution in [0.1, 0.15) is 26.7 Å². The number of ether oxygens (including phenoxy) is 1. The van der Waals surface area contributed by atoms with Gasteiger partial charge < -0.3 is 15.4 Å². The van der Waals surface area contributed by atoms with Crippen LogP contribution < -0.4 is 5.73 Å². The Bertz CT molecular complexity index is 182. The van der Waals surface area contributed by atoms with Crippen LogP contribution >= 0.6 is 0 Å². The molecule has 1 amide bonds. The lowest BCUT2D eigenvalue weighted by atomic mass is 10.2. The molecule has 4 nitrogen and oxygen atoms in total. The number of likely N-dealkylation sites (tertiary alicyclic amines) is 1. The zero-order chi connectivity index (χ0) is 9.84. The van der Waals surface area contributed by atoms with Crippen LogP contribution in [0.5, 0.6) is 0 Å². The van der Waals surface area contributed by atoms with Gasteiger partial charge in [0.1, 0.15) is 0 Å². The highest BCUT2D eigenvalue weighted by Crippen LogP contribution is 2.17. The third kappa shape index (κ3) is 2.59. The molecule has 0 aromatic carbocycles. The van der Waals surface area contributed by atoms with Crippen molar-refractivity contribution >= 4 is 6.09 Å². The summed E-state index contributed by atoms with van der Waals surface area (Å²) < 4.78 is 5.10. The van der Waals surface area contributed by atoms with Crippen molar-refractivity contribution in [2.24, 2.45) is 5.73 Å². The van der Waals surface area contributed by atoms with Crippen molar-refractivity contribution in [3.05, 3.63) is 0 Å². The first kappa shape index (κ1) is 10.3. The van der Waals surface area contributed by atoms with E-state index in [0.717, 1.165) is 19.4 Å². The third-order valence-electron chi connectivity index (χ3n) is 2.22. The van der Waals surface area contributed by atoms with Crippen LogP contribution in [0.4, 0.5) is 4.79 Å². The fourth-order valence-electron chi connectivity index (χ4n) is 1.59. The van der Waals surface area contributed by atoms with Crippen molar-refractivity contribution in [2.75, 3.05) is 13.1 Å². The second-order valence-corrected chi connectivity index (χ2v) is 3.66. The van der Waals surface area contributed by atoms with E-state index < -0.39 is 0 Å². The zero-order valence-corrected chi connectivity index (χ0v) is 8.32.